The van der Waals surface area contributed by atoms with Crippen LogP contribution >= 0.6 is 11.6 Å². The Hall–Kier alpha value is -2.30. The van der Waals surface area contributed by atoms with E-state index < -0.39 is 5.41 Å². The molecule has 0 amide bonds. The topological polar surface area (TPSA) is 38.8 Å². The van der Waals surface area contributed by atoms with Crippen LogP contribution in [0.1, 0.15) is 43.4 Å². The van der Waals surface area contributed by atoms with Crippen molar-refractivity contribution in [1.29, 1.82) is 0 Å². The Balaban J connectivity index is 1.66. The molecule has 4 nitrogen and oxygen atoms in total. The zero-order valence-corrected chi connectivity index (χ0v) is 18.6. The van der Waals surface area contributed by atoms with Gasteiger partial charge in [0, 0.05) is 30.2 Å². The predicted molar refractivity (Wildman–Crippen MR) is 120 cm³/mol. The summed E-state index contributed by atoms with van der Waals surface area (Å²) in [6.45, 7) is 6.96. The summed E-state index contributed by atoms with van der Waals surface area (Å²) in [5.41, 5.74) is 5.69. The highest BCUT2D eigenvalue weighted by Crippen LogP contribution is 2.41. The van der Waals surface area contributed by atoms with Crippen molar-refractivity contribution in [2.24, 2.45) is 5.41 Å². The summed E-state index contributed by atoms with van der Waals surface area (Å²) in [6.07, 6.45) is 1.92. The second-order valence-corrected chi connectivity index (χ2v) is 9.15. The first-order chi connectivity index (χ1) is 14.4. The fourth-order valence-electron chi connectivity index (χ4n) is 4.54. The van der Waals surface area contributed by atoms with E-state index in [-0.39, 0.29) is 5.97 Å². The van der Waals surface area contributed by atoms with Gasteiger partial charge in [-0.05, 0) is 61.6 Å². The van der Waals surface area contributed by atoms with Crippen LogP contribution in [0.2, 0.25) is 5.02 Å². The SMILES string of the molecule is COC(=O)C(C)(C)CN1CCC(=C2c3ccc(Cl)cc3COc3ccccc32)CC1. The highest BCUT2D eigenvalue weighted by atomic mass is 35.5. The van der Waals surface area contributed by atoms with Crippen LogP contribution in [0, 0.1) is 5.41 Å². The maximum atomic E-state index is 12.1. The van der Waals surface area contributed by atoms with Crippen molar-refractivity contribution in [3.05, 3.63) is 69.8 Å². The highest BCUT2D eigenvalue weighted by Gasteiger charge is 2.33. The standard InChI is InChI=1S/C25H28ClNO3/c1-25(2,24(28)29-3)16-27-12-10-17(11-13-27)23-20-9-8-19(26)14-18(20)15-30-22-7-5-4-6-21(22)23/h4-9,14H,10-13,15-16H2,1-3H3. The normalized spacial score (nSPS) is 16.9. The lowest BCUT2D eigenvalue weighted by molar-refractivity contribution is -0.151. The molecule has 0 unspecified atom stereocenters. The average Bonchev–Trinajstić information content (AvgIpc) is 2.90. The summed E-state index contributed by atoms with van der Waals surface area (Å²) < 4.78 is 11.1. The molecule has 0 atom stereocenters. The van der Waals surface area contributed by atoms with Gasteiger partial charge in [-0.15, -0.1) is 0 Å². The van der Waals surface area contributed by atoms with Crippen LogP contribution in [-0.4, -0.2) is 37.6 Å². The fourth-order valence-corrected chi connectivity index (χ4v) is 4.73. The number of hydrogen-bond donors (Lipinski definition) is 0. The quantitative estimate of drug-likeness (QED) is 0.623. The van der Waals surface area contributed by atoms with Gasteiger partial charge in [-0.25, -0.2) is 0 Å². The van der Waals surface area contributed by atoms with E-state index in [1.54, 1.807) is 0 Å². The molecule has 2 aromatic carbocycles. The highest BCUT2D eigenvalue weighted by molar-refractivity contribution is 6.30. The van der Waals surface area contributed by atoms with Gasteiger partial charge < -0.3 is 14.4 Å². The number of ether oxygens (including phenoxy) is 2. The van der Waals surface area contributed by atoms with Gasteiger partial charge in [-0.2, -0.15) is 0 Å². The first kappa shape index (κ1) is 21.0. The number of fused-ring (bicyclic) bond motifs is 2. The third-order valence-electron chi connectivity index (χ3n) is 6.05. The van der Waals surface area contributed by atoms with Crippen LogP contribution < -0.4 is 4.74 Å². The largest absolute Gasteiger partial charge is 0.488 e. The Bertz CT molecular complexity index is 986. The van der Waals surface area contributed by atoms with Crippen molar-refractivity contribution in [3.63, 3.8) is 0 Å². The van der Waals surface area contributed by atoms with Gasteiger partial charge in [-0.1, -0.05) is 41.4 Å². The van der Waals surface area contributed by atoms with Gasteiger partial charge in [0.15, 0.2) is 0 Å². The second-order valence-electron chi connectivity index (χ2n) is 8.72. The molecule has 0 saturated carbocycles. The number of benzene rings is 2. The molecule has 30 heavy (non-hydrogen) atoms. The van der Waals surface area contributed by atoms with E-state index in [0.29, 0.717) is 13.2 Å². The maximum Gasteiger partial charge on any atom is 0.312 e. The Kier molecular flexibility index (Phi) is 5.90. The zero-order chi connectivity index (χ0) is 21.3. The summed E-state index contributed by atoms with van der Waals surface area (Å²) >= 11 is 6.28. The molecule has 0 radical (unpaired) electrons. The summed E-state index contributed by atoms with van der Waals surface area (Å²) in [4.78, 5) is 14.4. The third-order valence-corrected chi connectivity index (χ3v) is 6.28. The smallest absolute Gasteiger partial charge is 0.312 e. The number of nitrogens with zero attached hydrogens (tertiary/aromatic N) is 1. The Morgan fingerprint density at radius 2 is 1.87 bits per heavy atom. The molecular weight excluding hydrogens is 398 g/mol. The first-order valence-electron chi connectivity index (χ1n) is 10.4. The number of carbonyl (C=O) groups excluding carboxylic acids is 1. The lowest BCUT2D eigenvalue weighted by Crippen LogP contribution is -2.42. The molecule has 2 aliphatic rings. The van der Waals surface area contributed by atoms with Crippen LogP contribution in [-0.2, 0) is 16.1 Å². The van der Waals surface area contributed by atoms with Crippen molar-refractivity contribution in [2.45, 2.75) is 33.3 Å². The number of para-hydroxylation sites is 1. The van der Waals surface area contributed by atoms with E-state index in [1.807, 2.05) is 38.1 Å². The molecular formula is C25H28ClNO3. The molecule has 0 N–H and O–H groups in total. The molecule has 0 aliphatic carbocycles. The summed E-state index contributed by atoms with van der Waals surface area (Å²) in [7, 11) is 1.46. The van der Waals surface area contributed by atoms with Crippen LogP contribution in [0.3, 0.4) is 0 Å². The molecule has 2 heterocycles. The van der Waals surface area contributed by atoms with E-state index in [9.17, 15) is 4.79 Å². The Morgan fingerprint density at radius 3 is 2.60 bits per heavy atom. The van der Waals surface area contributed by atoms with E-state index in [1.165, 1.54) is 23.8 Å². The van der Waals surface area contributed by atoms with Crippen LogP contribution in [0.5, 0.6) is 5.75 Å². The third kappa shape index (κ3) is 4.12. The monoisotopic (exact) mass is 425 g/mol. The molecule has 0 spiro atoms. The molecule has 2 aliphatic heterocycles. The lowest BCUT2D eigenvalue weighted by Gasteiger charge is -2.35. The van der Waals surface area contributed by atoms with Gasteiger partial charge in [0.2, 0.25) is 0 Å². The molecule has 1 saturated heterocycles. The first-order valence-corrected chi connectivity index (χ1v) is 10.8. The minimum atomic E-state index is -0.508. The van der Waals surface area contributed by atoms with Gasteiger partial charge in [0.1, 0.15) is 12.4 Å². The Morgan fingerprint density at radius 1 is 1.13 bits per heavy atom. The molecule has 5 heteroatoms. The number of rotatable bonds is 3. The zero-order valence-electron chi connectivity index (χ0n) is 17.8. The minimum absolute atomic E-state index is 0.160. The number of likely N-dealkylation sites (tertiary alicyclic amines) is 1. The minimum Gasteiger partial charge on any atom is -0.488 e. The molecule has 0 bridgehead atoms. The second kappa shape index (κ2) is 8.44. The van der Waals surface area contributed by atoms with E-state index in [0.717, 1.165) is 47.8 Å². The van der Waals surface area contributed by atoms with Gasteiger partial charge in [-0.3, -0.25) is 4.79 Å². The van der Waals surface area contributed by atoms with Crippen LogP contribution in [0.4, 0.5) is 0 Å². The number of halogens is 1. The van der Waals surface area contributed by atoms with Crippen LogP contribution in [0.15, 0.2) is 48.0 Å². The molecule has 158 valence electrons. The number of methoxy groups -OCH3 is 1. The summed E-state index contributed by atoms with van der Waals surface area (Å²) in [5, 5.41) is 0.729. The van der Waals surface area contributed by atoms with Gasteiger partial charge >= 0.3 is 5.97 Å². The van der Waals surface area contributed by atoms with Crippen molar-refractivity contribution in [2.75, 3.05) is 26.7 Å². The van der Waals surface area contributed by atoms with E-state index in [4.69, 9.17) is 21.1 Å². The molecule has 0 aromatic heterocycles. The number of carbonyl (C=O) groups is 1. The molecule has 1 fully saturated rings. The number of piperidine rings is 1. The lowest BCUT2D eigenvalue weighted by atomic mass is 9.85. The van der Waals surface area contributed by atoms with E-state index in [2.05, 4.69) is 23.1 Å². The molecule has 4 rings (SSSR count). The molecule has 2 aromatic rings. The fraction of sp³-hybridized carbons (Fsp3) is 0.400. The van der Waals surface area contributed by atoms with Gasteiger partial charge in [0.25, 0.3) is 0 Å². The maximum absolute atomic E-state index is 12.1. The average molecular weight is 426 g/mol. The van der Waals surface area contributed by atoms with E-state index >= 15 is 0 Å². The van der Waals surface area contributed by atoms with Gasteiger partial charge in [0.05, 0.1) is 12.5 Å². The van der Waals surface area contributed by atoms with Crippen molar-refractivity contribution in [1.82, 2.24) is 4.90 Å². The van der Waals surface area contributed by atoms with Crippen molar-refractivity contribution in [3.8, 4) is 5.75 Å². The number of hydrogen-bond acceptors (Lipinski definition) is 4. The number of esters is 1. The van der Waals surface area contributed by atoms with Crippen molar-refractivity contribution < 1.29 is 14.3 Å². The Labute approximate surface area is 183 Å². The summed E-state index contributed by atoms with van der Waals surface area (Å²) in [6, 6.07) is 14.4. The van der Waals surface area contributed by atoms with Crippen LogP contribution in [0.25, 0.3) is 5.57 Å². The van der Waals surface area contributed by atoms with Crippen molar-refractivity contribution >= 4 is 23.1 Å². The predicted octanol–water partition coefficient (Wildman–Crippen LogP) is 5.33. The summed E-state index contributed by atoms with van der Waals surface area (Å²) in [5.74, 6) is 0.758.